The molecule has 5 heterocycles. The van der Waals surface area contributed by atoms with Gasteiger partial charge in [0.2, 0.25) is 11.8 Å². The monoisotopic (exact) mass is 1190 g/mol. The van der Waals surface area contributed by atoms with Crippen LogP contribution in [0.1, 0.15) is 98.5 Å². The Labute approximate surface area is 498 Å². The number of hydrogen-bond donors (Lipinski definition) is 4. The Morgan fingerprint density at radius 1 is 0.812 bits per heavy atom. The van der Waals surface area contributed by atoms with Gasteiger partial charge in [0.05, 0.1) is 85.4 Å². The number of halogens is 2. The van der Waals surface area contributed by atoms with Crippen LogP contribution in [-0.4, -0.2) is 163 Å². The number of aliphatic hydroxyl groups excluding tert-OH is 1. The summed E-state index contributed by atoms with van der Waals surface area (Å²) in [6.45, 7) is 12.8. The first kappa shape index (κ1) is 62.5. The van der Waals surface area contributed by atoms with Crippen molar-refractivity contribution in [2.24, 2.45) is 11.3 Å². The molecule has 3 aliphatic heterocycles. The lowest BCUT2D eigenvalue weighted by atomic mass is 9.76. The number of ketones is 2. The SMILES string of the molecule is Cc1ncsc1-c1ccc(CCC(=O)[C@@H]2C[C@@H](O)CN2C(=O)[C@@H](CC(=O)CCOCCOCCOCCC(=O)N2CCN(c3ccc(C(=O)Nc4n[nH]c5ccc(Cc6cc(F)cc(F)c6)cc45)c(NC4CCOCC4)c3)CC2)C(C)(C)C)cc1. The molecule has 3 amide bonds. The van der Waals surface area contributed by atoms with Gasteiger partial charge in [-0.25, -0.2) is 13.8 Å². The van der Waals surface area contributed by atoms with Gasteiger partial charge in [-0.2, -0.15) is 5.10 Å². The fraction of sp³-hybridized carbons (Fsp3) is 0.484. The smallest absolute Gasteiger partial charge is 0.258 e. The highest BCUT2D eigenvalue weighted by molar-refractivity contribution is 7.13. The van der Waals surface area contributed by atoms with Crippen LogP contribution in [-0.2, 0) is 51.0 Å². The molecule has 3 aliphatic rings. The first-order valence-electron chi connectivity index (χ1n) is 29.5. The summed E-state index contributed by atoms with van der Waals surface area (Å²) >= 11 is 1.59. The number of benzene rings is 4. The van der Waals surface area contributed by atoms with Gasteiger partial charge in [0.1, 0.15) is 17.4 Å². The van der Waals surface area contributed by atoms with Crippen LogP contribution in [0, 0.1) is 29.9 Å². The summed E-state index contributed by atoms with van der Waals surface area (Å²) in [4.78, 5) is 79.2. The summed E-state index contributed by atoms with van der Waals surface area (Å²) in [5, 5.41) is 25.2. The number of carbonyl (C=O) groups excluding carboxylic acids is 5. The van der Waals surface area contributed by atoms with Crippen molar-refractivity contribution in [1.29, 1.82) is 0 Å². The molecule has 0 aliphatic carbocycles. The van der Waals surface area contributed by atoms with Gasteiger partial charge in [-0.15, -0.1) is 11.3 Å². The Morgan fingerprint density at radius 3 is 2.18 bits per heavy atom. The zero-order chi connectivity index (χ0) is 60.0. The Bertz CT molecular complexity index is 3240. The van der Waals surface area contributed by atoms with E-state index in [0.29, 0.717) is 92.6 Å². The summed E-state index contributed by atoms with van der Waals surface area (Å²) in [7, 11) is 0. The van der Waals surface area contributed by atoms with Crippen LogP contribution in [0.5, 0.6) is 0 Å². The van der Waals surface area contributed by atoms with Gasteiger partial charge in [-0.3, -0.25) is 29.1 Å². The average Bonchev–Trinajstić information content (AvgIpc) is 4.44. The minimum Gasteiger partial charge on any atom is -0.391 e. The van der Waals surface area contributed by atoms with Gasteiger partial charge in [0, 0.05) is 106 Å². The number of aromatic nitrogens is 3. The van der Waals surface area contributed by atoms with Crippen LogP contribution >= 0.6 is 11.3 Å². The number of nitrogens with one attached hydrogen (secondary N) is 3. The Kier molecular flexibility index (Phi) is 21.6. The summed E-state index contributed by atoms with van der Waals surface area (Å²) in [5.74, 6) is -2.52. The number of aromatic amines is 1. The topological polar surface area (TPSA) is 218 Å². The van der Waals surface area contributed by atoms with Crippen LogP contribution in [0.25, 0.3) is 21.3 Å². The van der Waals surface area contributed by atoms with E-state index in [4.69, 9.17) is 18.9 Å². The zero-order valence-corrected chi connectivity index (χ0v) is 49.8. The van der Waals surface area contributed by atoms with Gasteiger partial charge >= 0.3 is 0 Å². The van der Waals surface area contributed by atoms with Crippen LogP contribution in [0.2, 0.25) is 0 Å². The summed E-state index contributed by atoms with van der Waals surface area (Å²) < 4.78 is 50.6. The number of hydrogen-bond acceptors (Lipinski definition) is 15. The van der Waals surface area contributed by atoms with Crippen molar-refractivity contribution in [3.8, 4) is 10.4 Å². The predicted octanol–water partition coefficient (Wildman–Crippen LogP) is 8.97. The molecule has 2 aromatic heterocycles. The highest BCUT2D eigenvalue weighted by Gasteiger charge is 2.44. The third-order valence-electron chi connectivity index (χ3n) is 16.1. The number of β-amino-alcohol motifs (C(OH)–C–C–N with tert-alkyl or cyclic N) is 1. The molecule has 18 nitrogen and oxygen atoms in total. The van der Waals surface area contributed by atoms with Gasteiger partial charge in [-0.05, 0) is 103 Å². The number of rotatable bonds is 27. The van der Waals surface area contributed by atoms with E-state index in [1.54, 1.807) is 17.4 Å². The maximum atomic E-state index is 14.1. The summed E-state index contributed by atoms with van der Waals surface area (Å²) in [6, 6.07) is 22.1. The Balaban J connectivity index is 0.654. The second-order valence-corrected chi connectivity index (χ2v) is 24.2. The van der Waals surface area contributed by atoms with Gasteiger partial charge in [0.15, 0.2) is 11.6 Å². The average molecular weight is 1190 g/mol. The lowest BCUT2D eigenvalue weighted by Crippen LogP contribution is -2.49. The van der Waals surface area contributed by atoms with Crippen molar-refractivity contribution < 1.29 is 56.8 Å². The van der Waals surface area contributed by atoms with E-state index >= 15 is 0 Å². The molecule has 0 saturated carbocycles. The van der Waals surface area contributed by atoms with E-state index < -0.39 is 35.1 Å². The number of Topliss-reactive ketones (excluding diaryl/α,β-unsaturated/α-hetero) is 2. The van der Waals surface area contributed by atoms with E-state index in [9.17, 15) is 37.9 Å². The maximum Gasteiger partial charge on any atom is 0.258 e. The first-order valence-corrected chi connectivity index (χ1v) is 30.3. The fourth-order valence-electron chi connectivity index (χ4n) is 11.3. The number of piperazine rings is 1. The van der Waals surface area contributed by atoms with E-state index in [2.05, 4.69) is 30.7 Å². The summed E-state index contributed by atoms with van der Waals surface area (Å²) in [5.41, 5.74) is 8.31. The first-order chi connectivity index (χ1) is 40.9. The molecule has 3 atom stereocenters. The molecular weight excluding hydrogens is 1110 g/mol. The third-order valence-corrected chi connectivity index (χ3v) is 17.1. The second kappa shape index (κ2) is 29.4. The Morgan fingerprint density at radius 2 is 1.49 bits per heavy atom. The number of H-pyrrole nitrogens is 1. The molecule has 9 rings (SSSR count). The highest BCUT2D eigenvalue weighted by Crippen LogP contribution is 2.35. The zero-order valence-electron chi connectivity index (χ0n) is 49.0. The molecule has 85 heavy (non-hydrogen) atoms. The minimum atomic E-state index is -0.817. The normalized spacial score (nSPS) is 17.1. The van der Waals surface area contributed by atoms with Crippen LogP contribution in [0.4, 0.5) is 26.0 Å². The maximum absolute atomic E-state index is 14.1. The van der Waals surface area contributed by atoms with E-state index in [1.807, 2.05) is 92.7 Å². The molecule has 0 radical (unpaired) electrons. The number of aliphatic hydroxyl groups is 1. The highest BCUT2D eigenvalue weighted by atomic mass is 32.1. The number of anilines is 3. The second-order valence-electron chi connectivity index (χ2n) is 23.3. The molecular formula is C64H78F2N8O10S. The molecule has 0 spiro atoms. The number of carbonyl (C=O) groups is 5. The standard InChI is InChI=1S/C64H78F2N8O10S/c1-41-60(85-40-67-41)45-9-5-42(6-10-45)8-14-58(77)57-38-51(76)39-74(57)63(80)54(64(2,3)4)37-50(75)17-25-82-27-29-84-30-28-83-26-18-59(78)73-21-19-72(20-22-73)49-11-12-52(56(36-49)68-48-15-23-81-24-16-48)62(79)69-61-53-34-43(7-13-55(53)70-71-61)31-44-32-46(65)35-47(66)33-44/h5-7,9-13,32-36,40,48,51,54,57,68,76H,8,14-31,37-39H2,1-4H3,(H2,69,70,71,79)/t51-,54-,57+/m1/s1. The number of amides is 3. The van der Waals surface area contributed by atoms with Gasteiger partial charge < -0.3 is 49.4 Å². The number of fused-ring (bicyclic) bond motifs is 1. The van der Waals surface area contributed by atoms with E-state index in [1.165, 1.54) is 17.0 Å². The number of aryl methyl sites for hydroxylation is 2. The molecule has 6 aromatic rings. The van der Waals surface area contributed by atoms with Gasteiger partial charge in [-0.1, -0.05) is 51.1 Å². The molecule has 3 saturated heterocycles. The molecule has 4 aromatic carbocycles. The molecule has 0 bridgehead atoms. The summed E-state index contributed by atoms with van der Waals surface area (Å²) in [6.07, 6.45) is 2.30. The fourth-order valence-corrected chi connectivity index (χ4v) is 12.1. The molecule has 21 heteroatoms. The van der Waals surface area contributed by atoms with Crippen molar-refractivity contribution in [3.63, 3.8) is 0 Å². The van der Waals surface area contributed by atoms with Crippen LogP contribution < -0.4 is 15.5 Å². The predicted molar refractivity (Wildman–Crippen MR) is 322 cm³/mol. The molecule has 454 valence electrons. The van der Waals surface area contributed by atoms with Gasteiger partial charge in [0.25, 0.3) is 5.91 Å². The molecule has 4 N–H and O–H groups in total. The van der Waals surface area contributed by atoms with Crippen molar-refractivity contribution in [2.75, 3.05) is 101 Å². The van der Waals surface area contributed by atoms with Crippen molar-refractivity contribution in [2.45, 2.75) is 104 Å². The van der Waals surface area contributed by atoms with Crippen LogP contribution in [0.15, 0.2) is 84.4 Å². The van der Waals surface area contributed by atoms with E-state index in [-0.39, 0.29) is 107 Å². The molecule has 3 fully saturated rings. The molecule has 0 unspecified atom stereocenters. The number of likely N-dealkylation sites (tertiary alicyclic amines) is 1. The quantitative estimate of drug-likeness (QED) is 0.0354. The lowest BCUT2D eigenvalue weighted by Gasteiger charge is -2.36. The largest absolute Gasteiger partial charge is 0.391 e. The number of nitrogens with zero attached hydrogens (tertiary/aromatic N) is 5. The minimum absolute atomic E-state index is 0.00212. The van der Waals surface area contributed by atoms with Crippen molar-refractivity contribution in [1.82, 2.24) is 25.0 Å². The van der Waals surface area contributed by atoms with Crippen molar-refractivity contribution >= 4 is 68.7 Å². The van der Waals surface area contributed by atoms with Crippen LogP contribution in [0.3, 0.4) is 0 Å². The number of thiazole rings is 1. The Hall–Kier alpha value is -7.01. The lowest BCUT2D eigenvalue weighted by molar-refractivity contribution is -0.146. The van der Waals surface area contributed by atoms with E-state index in [0.717, 1.165) is 51.9 Å². The van der Waals surface area contributed by atoms with Crippen molar-refractivity contribution in [3.05, 3.63) is 124 Å². The number of ether oxygens (including phenoxy) is 4. The third kappa shape index (κ3) is 17.1.